The lowest BCUT2D eigenvalue weighted by Crippen LogP contribution is -2.13. The fraction of sp³-hybridized carbons (Fsp3) is 0.308. The van der Waals surface area contributed by atoms with Crippen LogP contribution in [0.2, 0.25) is 0 Å². The summed E-state index contributed by atoms with van der Waals surface area (Å²) in [5, 5.41) is 8.91. The first kappa shape index (κ1) is 12.3. The van der Waals surface area contributed by atoms with Gasteiger partial charge in [-0.25, -0.2) is 4.98 Å². The van der Waals surface area contributed by atoms with Crippen molar-refractivity contribution in [3.05, 3.63) is 42.0 Å². The van der Waals surface area contributed by atoms with Crippen LogP contribution in [0.5, 0.6) is 0 Å². The normalized spacial score (nSPS) is 12.1. The van der Waals surface area contributed by atoms with Gasteiger partial charge in [0.2, 0.25) is 5.82 Å². The Hall–Kier alpha value is -2.17. The predicted molar refractivity (Wildman–Crippen MR) is 69.5 cm³/mol. The fourth-order valence-electron chi connectivity index (χ4n) is 1.64. The number of nitrogens with one attached hydrogen (secondary N) is 2. The number of hydrogen-bond donors (Lipinski definition) is 2. The molecular formula is C13H16N4O. The van der Waals surface area contributed by atoms with Gasteiger partial charge in [-0.1, -0.05) is 26.0 Å². The smallest absolute Gasteiger partial charge is 0.292 e. The third kappa shape index (κ3) is 2.74. The monoisotopic (exact) mass is 244 g/mol. The maximum Gasteiger partial charge on any atom is 0.292 e. The van der Waals surface area contributed by atoms with Crippen molar-refractivity contribution in [1.82, 2.24) is 15.2 Å². The molecule has 5 nitrogen and oxygen atoms in total. The number of hydrogen-bond acceptors (Lipinski definition) is 3. The molecule has 0 radical (unpaired) electrons. The fourth-order valence-corrected chi connectivity index (χ4v) is 1.64. The van der Waals surface area contributed by atoms with Crippen molar-refractivity contribution < 1.29 is 4.79 Å². The van der Waals surface area contributed by atoms with Crippen LogP contribution in [-0.4, -0.2) is 21.1 Å². The summed E-state index contributed by atoms with van der Waals surface area (Å²) in [7, 11) is 0. The van der Waals surface area contributed by atoms with Crippen molar-refractivity contribution >= 4 is 11.6 Å². The number of carbonyl (C=O) groups excluding carboxylic acids is 1. The van der Waals surface area contributed by atoms with Gasteiger partial charge in [0.05, 0.1) is 0 Å². The third-order valence-electron chi connectivity index (χ3n) is 2.98. The quantitative estimate of drug-likeness (QED) is 0.868. The molecule has 0 bridgehead atoms. The van der Waals surface area contributed by atoms with Crippen LogP contribution >= 0.6 is 0 Å². The number of anilines is 1. The van der Waals surface area contributed by atoms with Gasteiger partial charge in [-0.3, -0.25) is 9.89 Å². The van der Waals surface area contributed by atoms with E-state index in [1.54, 1.807) is 0 Å². The van der Waals surface area contributed by atoms with Crippen LogP contribution in [0.4, 0.5) is 5.69 Å². The summed E-state index contributed by atoms with van der Waals surface area (Å²) in [6.07, 6.45) is 2.41. The maximum absolute atomic E-state index is 11.7. The van der Waals surface area contributed by atoms with Crippen LogP contribution < -0.4 is 5.32 Å². The van der Waals surface area contributed by atoms with Crippen LogP contribution in [0.3, 0.4) is 0 Å². The van der Waals surface area contributed by atoms with Crippen molar-refractivity contribution in [2.45, 2.75) is 26.2 Å². The molecule has 0 saturated carbocycles. The average Bonchev–Trinajstić information content (AvgIpc) is 2.92. The van der Waals surface area contributed by atoms with E-state index in [0.29, 0.717) is 5.92 Å². The summed E-state index contributed by atoms with van der Waals surface area (Å²) >= 11 is 0. The SMILES string of the molecule is CCC(C)c1ccc(NC(=O)c2ncn[nH]2)cc1. The van der Waals surface area contributed by atoms with E-state index in [-0.39, 0.29) is 11.7 Å². The minimum atomic E-state index is -0.288. The molecule has 0 aliphatic carbocycles. The first-order valence-corrected chi connectivity index (χ1v) is 5.97. The van der Waals surface area contributed by atoms with Crippen LogP contribution in [-0.2, 0) is 0 Å². The Morgan fingerprint density at radius 3 is 2.67 bits per heavy atom. The van der Waals surface area contributed by atoms with E-state index < -0.39 is 0 Å². The van der Waals surface area contributed by atoms with Crippen molar-refractivity contribution in [2.24, 2.45) is 0 Å². The van der Waals surface area contributed by atoms with Gasteiger partial charge < -0.3 is 5.32 Å². The molecule has 0 aliphatic heterocycles. The highest BCUT2D eigenvalue weighted by atomic mass is 16.2. The lowest BCUT2D eigenvalue weighted by molar-refractivity contribution is 0.101. The first-order chi connectivity index (χ1) is 8.70. The van der Waals surface area contributed by atoms with Crippen molar-refractivity contribution in [3.8, 4) is 0 Å². The summed E-state index contributed by atoms with van der Waals surface area (Å²) in [5.74, 6) is 0.453. The minimum absolute atomic E-state index is 0.209. The second-order valence-corrected chi connectivity index (χ2v) is 4.22. The molecule has 2 rings (SSSR count). The molecule has 18 heavy (non-hydrogen) atoms. The molecule has 0 fully saturated rings. The van der Waals surface area contributed by atoms with Crippen molar-refractivity contribution in [1.29, 1.82) is 0 Å². The highest BCUT2D eigenvalue weighted by molar-refractivity contribution is 6.01. The van der Waals surface area contributed by atoms with Gasteiger partial charge in [-0.2, -0.15) is 5.10 Å². The molecule has 94 valence electrons. The molecular weight excluding hydrogens is 228 g/mol. The zero-order valence-electron chi connectivity index (χ0n) is 10.5. The summed E-state index contributed by atoms with van der Waals surface area (Å²) < 4.78 is 0. The number of aromatic amines is 1. The second-order valence-electron chi connectivity index (χ2n) is 4.22. The van der Waals surface area contributed by atoms with Gasteiger partial charge in [0, 0.05) is 5.69 Å². The van der Waals surface area contributed by atoms with E-state index in [0.717, 1.165) is 12.1 Å². The summed E-state index contributed by atoms with van der Waals surface area (Å²) in [5.41, 5.74) is 2.03. The number of amides is 1. The summed E-state index contributed by atoms with van der Waals surface area (Å²) in [6.45, 7) is 4.34. The Labute approximate surface area is 106 Å². The lowest BCUT2D eigenvalue weighted by atomic mass is 9.99. The molecule has 1 atom stereocenters. The molecule has 0 spiro atoms. The molecule has 1 unspecified atom stereocenters. The number of nitrogens with zero attached hydrogens (tertiary/aromatic N) is 2. The number of aromatic nitrogens is 3. The van der Waals surface area contributed by atoms with Crippen LogP contribution in [0, 0.1) is 0 Å². The molecule has 1 amide bonds. The van der Waals surface area contributed by atoms with E-state index in [2.05, 4.69) is 34.3 Å². The van der Waals surface area contributed by atoms with E-state index >= 15 is 0 Å². The third-order valence-corrected chi connectivity index (χ3v) is 2.98. The largest absolute Gasteiger partial charge is 0.319 e. The highest BCUT2D eigenvalue weighted by Gasteiger charge is 2.09. The Bertz CT molecular complexity index is 504. The standard InChI is InChI=1S/C13H16N4O/c1-3-9(2)10-4-6-11(7-5-10)16-13(18)12-14-8-15-17-12/h4-9H,3H2,1-2H3,(H,16,18)(H,14,15,17). The Morgan fingerprint density at radius 2 is 2.11 bits per heavy atom. The van der Waals surface area contributed by atoms with Gasteiger partial charge in [-0.15, -0.1) is 0 Å². The van der Waals surface area contributed by atoms with Crippen LogP contribution in [0.25, 0.3) is 0 Å². The van der Waals surface area contributed by atoms with E-state index in [9.17, 15) is 4.79 Å². The lowest BCUT2D eigenvalue weighted by Gasteiger charge is -2.09. The predicted octanol–water partition coefficient (Wildman–Crippen LogP) is 2.57. The topological polar surface area (TPSA) is 70.7 Å². The molecule has 5 heteroatoms. The van der Waals surface area contributed by atoms with Gasteiger partial charge in [0.1, 0.15) is 6.33 Å². The van der Waals surface area contributed by atoms with Crippen LogP contribution in [0.1, 0.15) is 42.4 Å². The average molecular weight is 244 g/mol. The van der Waals surface area contributed by atoms with Gasteiger partial charge in [0.15, 0.2) is 0 Å². The summed E-state index contributed by atoms with van der Waals surface area (Å²) in [6, 6.07) is 7.86. The Kier molecular flexibility index (Phi) is 3.72. The maximum atomic E-state index is 11.7. The highest BCUT2D eigenvalue weighted by Crippen LogP contribution is 2.20. The summed E-state index contributed by atoms with van der Waals surface area (Å²) in [4.78, 5) is 15.5. The van der Waals surface area contributed by atoms with Gasteiger partial charge in [0.25, 0.3) is 5.91 Å². The Morgan fingerprint density at radius 1 is 1.39 bits per heavy atom. The zero-order chi connectivity index (χ0) is 13.0. The van der Waals surface area contributed by atoms with E-state index in [4.69, 9.17) is 0 Å². The van der Waals surface area contributed by atoms with E-state index in [1.165, 1.54) is 11.9 Å². The number of rotatable bonds is 4. The number of carbonyl (C=O) groups is 1. The molecule has 1 aromatic carbocycles. The van der Waals surface area contributed by atoms with Gasteiger partial charge in [-0.05, 0) is 30.0 Å². The molecule has 0 aliphatic rings. The number of benzene rings is 1. The molecule has 0 saturated heterocycles. The Balaban J connectivity index is 2.04. The van der Waals surface area contributed by atoms with Crippen LogP contribution in [0.15, 0.2) is 30.6 Å². The molecule has 1 aromatic heterocycles. The first-order valence-electron chi connectivity index (χ1n) is 5.97. The number of H-pyrrole nitrogens is 1. The molecule has 2 N–H and O–H groups in total. The zero-order valence-corrected chi connectivity index (χ0v) is 10.5. The second kappa shape index (κ2) is 5.44. The van der Waals surface area contributed by atoms with E-state index in [1.807, 2.05) is 24.3 Å². The van der Waals surface area contributed by atoms with Gasteiger partial charge >= 0.3 is 0 Å². The minimum Gasteiger partial charge on any atom is -0.319 e. The molecule has 2 aromatic rings. The van der Waals surface area contributed by atoms with Crippen molar-refractivity contribution in [3.63, 3.8) is 0 Å². The van der Waals surface area contributed by atoms with Crippen molar-refractivity contribution in [2.75, 3.05) is 5.32 Å². The molecule has 1 heterocycles.